The first-order chi connectivity index (χ1) is 11.9. The molecule has 1 atom stereocenters. The van der Waals surface area contributed by atoms with Gasteiger partial charge in [0, 0.05) is 16.5 Å². The average Bonchev–Trinajstić information content (AvgIpc) is 2.61. The van der Waals surface area contributed by atoms with Crippen LogP contribution in [0.4, 0.5) is 0 Å². The smallest absolute Gasteiger partial charge is 0.241 e. The summed E-state index contributed by atoms with van der Waals surface area (Å²) in [4.78, 5) is 0.262. The first-order valence-electron chi connectivity index (χ1n) is 8.45. The molecule has 1 aliphatic heterocycles. The Balaban J connectivity index is 1.96. The van der Waals surface area contributed by atoms with Crippen LogP contribution >= 0.6 is 15.9 Å². The summed E-state index contributed by atoms with van der Waals surface area (Å²) in [5.74, 6) is 0.765. The number of halogens is 1. The van der Waals surface area contributed by atoms with Gasteiger partial charge >= 0.3 is 0 Å². The summed E-state index contributed by atoms with van der Waals surface area (Å²) in [7, 11) is -3.61. The van der Waals surface area contributed by atoms with E-state index in [1.165, 1.54) is 0 Å². The molecule has 0 fully saturated rings. The molecule has 25 heavy (non-hydrogen) atoms. The molecular formula is C19H22BrNO3S. The SMILES string of the molecule is CCC1(CC)CC(NS(=O)(=O)c2ccc(Br)cc2)c2ccccc2O1. The van der Waals surface area contributed by atoms with Crippen LogP contribution < -0.4 is 9.46 Å². The first-order valence-corrected chi connectivity index (χ1v) is 10.7. The summed E-state index contributed by atoms with van der Waals surface area (Å²) in [6.45, 7) is 4.16. The van der Waals surface area contributed by atoms with E-state index in [1.54, 1.807) is 24.3 Å². The second-order valence-corrected chi connectivity index (χ2v) is 8.99. The lowest BCUT2D eigenvalue weighted by atomic mass is 9.84. The van der Waals surface area contributed by atoms with Crippen molar-refractivity contribution in [3.05, 3.63) is 58.6 Å². The topological polar surface area (TPSA) is 55.4 Å². The Kier molecular flexibility index (Phi) is 5.23. The van der Waals surface area contributed by atoms with Crippen LogP contribution in [0.25, 0.3) is 0 Å². The van der Waals surface area contributed by atoms with Gasteiger partial charge in [0.05, 0.1) is 10.9 Å². The van der Waals surface area contributed by atoms with E-state index in [-0.39, 0.29) is 16.5 Å². The Morgan fingerprint density at radius 2 is 1.76 bits per heavy atom. The minimum atomic E-state index is -3.61. The number of hydrogen-bond donors (Lipinski definition) is 1. The largest absolute Gasteiger partial charge is 0.487 e. The monoisotopic (exact) mass is 423 g/mol. The highest BCUT2D eigenvalue weighted by atomic mass is 79.9. The van der Waals surface area contributed by atoms with Crippen LogP contribution in [-0.4, -0.2) is 14.0 Å². The van der Waals surface area contributed by atoms with Gasteiger partial charge in [0.25, 0.3) is 0 Å². The van der Waals surface area contributed by atoms with Gasteiger partial charge in [0.1, 0.15) is 11.4 Å². The van der Waals surface area contributed by atoms with Gasteiger partial charge in [-0.2, -0.15) is 0 Å². The van der Waals surface area contributed by atoms with E-state index in [2.05, 4.69) is 34.5 Å². The first kappa shape index (κ1) is 18.4. The third-order valence-corrected chi connectivity index (χ3v) is 6.92. The molecule has 0 radical (unpaired) electrons. The van der Waals surface area contributed by atoms with Crippen molar-refractivity contribution in [3.8, 4) is 5.75 Å². The number of ether oxygens (including phenoxy) is 1. The van der Waals surface area contributed by atoms with Crippen molar-refractivity contribution in [1.29, 1.82) is 0 Å². The third kappa shape index (κ3) is 3.76. The predicted molar refractivity (Wildman–Crippen MR) is 102 cm³/mol. The molecule has 1 aliphatic rings. The number of sulfonamides is 1. The predicted octanol–water partition coefficient (Wildman–Crippen LogP) is 4.81. The van der Waals surface area contributed by atoms with E-state index in [9.17, 15) is 8.42 Å². The van der Waals surface area contributed by atoms with Crippen LogP contribution in [0.15, 0.2) is 57.9 Å². The van der Waals surface area contributed by atoms with Crippen LogP contribution in [0.3, 0.4) is 0 Å². The maximum absolute atomic E-state index is 12.8. The summed E-state index contributed by atoms with van der Waals surface area (Å²) < 4.78 is 35.7. The molecule has 0 saturated carbocycles. The molecule has 0 bridgehead atoms. The second-order valence-electron chi connectivity index (χ2n) is 6.36. The fraction of sp³-hybridized carbons (Fsp3) is 0.368. The van der Waals surface area contributed by atoms with E-state index in [4.69, 9.17) is 4.74 Å². The lowest BCUT2D eigenvalue weighted by molar-refractivity contribution is 0.0260. The number of hydrogen-bond acceptors (Lipinski definition) is 3. The van der Waals surface area contributed by atoms with Crippen molar-refractivity contribution in [2.24, 2.45) is 0 Å². The zero-order valence-corrected chi connectivity index (χ0v) is 16.7. The minimum absolute atomic E-state index is 0.262. The van der Waals surface area contributed by atoms with Crippen molar-refractivity contribution in [3.63, 3.8) is 0 Å². The van der Waals surface area contributed by atoms with Gasteiger partial charge in [0.2, 0.25) is 10.0 Å². The van der Waals surface area contributed by atoms with Gasteiger partial charge in [-0.3, -0.25) is 0 Å². The minimum Gasteiger partial charge on any atom is -0.487 e. The highest BCUT2D eigenvalue weighted by Gasteiger charge is 2.39. The van der Waals surface area contributed by atoms with E-state index >= 15 is 0 Å². The van der Waals surface area contributed by atoms with Crippen molar-refractivity contribution in [1.82, 2.24) is 4.72 Å². The van der Waals surface area contributed by atoms with Crippen LogP contribution in [0.1, 0.15) is 44.7 Å². The van der Waals surface area contributed by atoms with Gasteiger partial charge in [0.15, 0.2) is 0 Å². The molecule has 1 heterocycles. The van der Waals surface area contributed by atoms with Crippen molar-refractivity contribution < 1.29 is 13.2 Å². The summed E-state index contributed by atoms with van der Waals surface area (Å²) in [5.41, 5.74) is 0.544. The van der Waals surface area contributed by atoms with Gasteiger partial charge < -0.3 is 4.74 Å². The number of fused-ring (bicyclic) bond motifs is 1. The van der Waals surface area contributed by atoms with E-state index < -0.39 is 10.0 Å². The van der Waals surface area contributed by atoms with Gasteiger partial charge in [-0.1, -0.05) is 48.0 Å². The summed E-state index contributed by atoms with van der Waals surface area (Å²) in [6, 6.07) is 14.0. The van der Waals surface area contributed by atoms with Crippen LogP contribution in [0, 0.1) is 0 Å². The number of para-hydroxylation sites is 1. The quantitative estimate of drug-likeness (QED) is 0.750. The maximum Gasteiger partial charge on any atom is 0.241 e. The van der Waals surface area contributed by atoms with E-state index in [0.29, 0.717) is 6.42 Å². The standard InChI is InChI=1S/C19H22BrNO3S/c1-3-19(4-2)13-17(16-7-5-6-8-18(16)24-19)21-25(22,23)15-11-9-14(20)10-12-15/h5-12,17,21H,3-4,13H2,1-2H3. The zero-order valence-electron chi connectivity index (χ0n) is 14.3. The highest BCUT2D eigenvalue weighted by Crippen LogP contribution is 2.43. The summed E-state index contributed by atoms with van der Waals surface area (Å²) in [6.07, 6.45) is 2.27. The molecule has 6 heteroatoms. The Bertz CT molecular complexity index is 845. The van der Waals surface area contributed by atoms with Gasteiger partial charge in [-0.25, -0.2) is 13.1 Å². The molecule has 1 unspecified atom stereocenters. The Morgan fingerprint density at radius 3 is 2.40 bits per heavy atom. The van der Waals surface area contributed by atoms with Crippen molar-refractivity contribution >= 4 is 26.0 Å². The Labute approximate surface area is 157 Å². The van der Waals surface area contributed by atoms with E-state index in [0.717, 1.165) is 28.6 Å². The van der Waals surface area contributed by atoms with Crippen LogP contribution in [-0.2, 0) is 10.0 Å². The molecule has 0 saturated heterocycles. The van der Waals surface area contributed by atoms with Crippen molar-refractivity contribution in [2.45, 2.75) is 49.6 Å². The fourth-order valence-corrected chi connectivity index (χ4v) is 4.76. The molecule has 0 aromatic heterocycles. The maximum atomic E-state index is 12.8. The molecular weight excluding hydrogens is 402 g/mol. The zero-order chi connectivity index (χ0) is 18.1. The van der Waals surface area contributed by atoms with Crippen molar-refractivity contribution in [2.75, 3.05) is 0 Å². The number of nitrogens with one attached hydrogen (secondary N) is 1. The number of benzene rings is 2. The highest BCUT2D eigenvalue weighted by molar-refractivity contribution is 9.10. The lowest BCUT2D eigenvalue weighted by Gasteiger charge is -2.41. The summed E-state index contributed by atoms with van der Waals surface area (Å²) in [5, 5.41) is 0. The van der Waals surface area contributed by atoms with Crippen LogP contribution in [0.2, 0.25) is 0 Å². The van der Waals surface area contributed by atoms with Crippen LogP contribution in [0.5, 0.6) is 5.75 Å². The molecule has 0 amide bonds. The molecule has 1 N–H and O–H groups in total. The average molecular weight is 424 g/mol. The Hall–Kier alpha value is -1.37. The molecule has 134 valence electrons. The normalized spacial score (nSPS) is 19.1. The second kappa shape index (κ2) is 7.09. The Morgan fingerprint density at radius 1 is 1.12 bits per heavy atom. The molecule has 0 aliphatic carbocycles. The molecule has 2 aromatic rings. The fourth-order valence-electron chi connectivity index (χ4n) is 3.28. The summed E-state index contributed by atoms with van der Waals surface area (Å²) >= 11 is 3.33. The molecule has 2 aromatic carbocycles. The van der Waals surface area contributed by atoms with E-state index in [1.807, 2.05) is 24.3 Å². The molecule has 4 nitrogen and oxygen atoms in total. The van der Waals surface area contributed by atoms with Gasteiger partial charge in [-0.15, -0.1) is 0 Å². The number of rotatable bonds is 5. The van der Waals surface area contributed by atoms with Gasteiger partial charge in [-0.05, 0) is 43.2 Å². The third-order valence-electron chi connectivity index (χ3n) is 4.91. The lowest BCUT2D eigenvalue weighted by Crippen LogP contribution is -2.44. The molecule has 0 spiro atoms. The molecule has 3 rings (SSSR count).